The Morgan fingerprint density at radius 3 is 2.78 bits per heavy atom. The topological polar surface area (TPSA) is 119 Å². The summed E-state index contributed by atoms with van der Waals surface area (Å²) in [6.07, 6.45) is 3.53. The van der Waals surface area contributed by atoms with E-state index >= 15 is 0 Å². The van der Waals surface area contributed by atoms with Crippen molar-refractivity contribution in [1.82, 2.24) is 14.8 Å². The van der Waals surface area contributed by atoms with Crippen LogP contribution in [-0.4, -0.2) is 59.5 Å². The van der Waals surface area contributed by atoms with Crippen LogP contribution in [0.5, 0.6) is 11.5 Å². The zero-order valence-corrected chi connectivity index (χ0v) is 20.2. The Labute approximate surface area is 208 Å². The van der Waals surface area contributed by atoms with E-state index in [0.717, 1.165) is 5.56 Å². The molecular formula is C26H29N3O7. The van der Waals surface area contributed by atoms with Crippen LogP contribution in [0.15, 0.2) is 41.2 Å². The van der Waals surface area contributed by atoms with Gasteiger partial charge in [-0.1, -0.05) is 18.2 Å². The van der Waals surface area contributed by atoms with Crippen molar-refractivity contribution in [2.75, 3.05) is 27.1 Å². The Bertz CT molecular complexity index is 1270. The lowest BCUT2D eigenvalue weighted by molar-refractivity contribution is -0.140. The molecule has 190 valence electrons. The Morgan fingerprint density at radius 1 is 1.22 bits per heavy atom. The second kappa shape index (κ2) is 9.79. The lowest BCUT2D eigenvalue weighted by Crippen LogP contribution is -2.50. The van der Waals surface area contributed by atoms with Gasteiger partial charge in [0, 0.05) is 44.0 Å². The first kappa shape index (κ1) is 24.1. The maximum absolute atomic E-state index is 13.6. The molecule has 0 unspecified atom stereocenters. The second-order valence-corrected chi connectivity index (χ2v) is 9.15. The molecule has 0 spiro atoms. The second-order valence-electron chi connectivity index (χ2n) is 9.15. The lowest BCUT2D eigenvalue weighted by Gasteiger charge is -2.38. The third kappa shape index (κ3) is 3.96. The van der Waals surface area contributed by atoms with Crippen molar-refractivity contribution in [3.63, 3.8) is 0 Å². The van der Waals surface area contributed by atoms with Gasteiger partial charge in [0.1, 0.15) is 6.61 Å². The van der Waals surface area contributed by atoms with Gasteiger partial charge in [0.2, 0.25) is 18.6 Å². The van der Waals surface area contributed by atoms with E-state index in [4.69, 9.17) is 14.2 Å². The third-order valence-electron chi connectivity index (χ3n) is 7.18. The van der Waals surface area contributed by atoms with Gasteiger partial charge in [-0.05, 0) is 36.8 Å². The fourth-order valence-corrected chi connectivity index (χ4v) is 5.63. The summed E-state index contributed by atoms with van der Waals surface area (Å²) in [5, 5.41) is 13.3. The zero-order valence-electron chi connectivity index (χ0n) is 20.2. The van der Waals surface area contributed by atoms with Crippen molar-refractivity contribution in [3.8, 4) is 11.5 Å². The molecule has 36 heavy (non-hydrogen) atoms. The number of rotatable bonds is 7. The van der Waals surface area contributed by atoms with Gasteiger partial charge in [-0.25, -0.2) is 0 Å². The molecule has 4 heterocycles. The first-order valence-electron chi connectivity index (χ1n) is 11.9. The standard InChI is InChI=1S/C26H29N3O7/c1-3-4-16-6-7-18-24-23(25(32)27-10-15-5-8-20-21(9-15)36-14-35-20)17(12-30)19(11-28(18)26(16)33)29(24)22(31)13-34-2/h3-9,17,19,23-24,30H,10-14H2,1-2H3,(H,27,32)/b4-3-/t17-,19-,23+,24+/m1/s1. The monoisotopic (exact) mass is 495 g/mol. The molecule has 2 aromatic rings. The van der Waals surface area contributed by atoms with E-state index in [1.807, 2.05) is 19.1 Å². The molecule has 10 nitrogen and oxygen atoms in total. The molecule has 1 aromatic heterocycles. The molecule has 1 saturated heterocycles. The minimum absolute atomic E-state index is 0.155. The van der Waals surface area contributed by atoms with Crippen molar-refractivity contribution < 1.29 is 28.9 Å². The number of carbonyl (C=O) groups excluding carboxylic acids is 2. The van der Waals surface area contributed by atoms with Gasteiger partial charge in [-0.15, -0.1) is 0 Å². The summed E-state index contributed by atoms with van der Waals surface area (Å²) in [6.45, 7) is 1.97. The number of aliphatic hydroxyl groups excluding tert-OH is 1. The van der Waals surface area contributed by atoms with Crippen molar-refractivity contribution in [1.29, 1.82) is 0 Å². The van der Waals surface area contributed by atoms with E-state index in [1.165, 1.54) is 7.11 Å². The highest BCUT2D eigenvalue weighted by Gasteiger charge is 2.57. The van der Waals surface area contributed by atoms with E-state index in [1.54, 1.807) is 39.8 Å². The number of benzene rings is 1. The number of hydrogen-bond acceptors (Lipinski definition) is 7. The number of amides is 2. The molecule has 10 heteroatoms. The summed E-state index contributed by atoms with van der Waals surface area (Å²) in [5.41, 5.74) is 1.75. The SMILES string of the molecule is C/C=C\c1ccc2n(c1=O)C[C@@H]1[C@@H](CO)[C@H](C(=O)NCc3ccc4c(c3)OCO4)[C@H]2N1C(=O)COC. The maximum atomic E-state index is 13.6. The molecular weight excluding hydrogens is 466 g/mol. The molecule has 3 aliphatic rings. The highest BCUT2D eigenvalue weighted by atomic mass is 16.7. The van der Waals surface area contributed by atoms with Crippen LogP contribution in [-0.2, 0) is 27.4 Å². The quantitative estimate of drug-likeness (QED) is 0.590. The number of fused-ring (bicyclic) bond motifs is 5. The Morgan fingerprint density at radius 2 is 2.03 bits per heavy atom. The number of methoxy groups -OCH3 is 1. The van der Waals surface area contributed by atoms with Gasteiger partial charge in [0.05, 0.1) is 18.0 Å². The first-order valence-corrected chi connectivity index (χ1v) is 11.9. The van der Waals surface area contributed by atoms with Gasteiger partial charge >= 0.3 is 0 Å². The highest BCUT2D eigenvalue weighted by Crippen LogP contribution is 2.48. The number of aromatic nitrogens is 1. The number of nitrogens with one attached hydrogen (secondary N) is 1. The van der Waals surface area contributed by atoms with E-state index < -0.39 is 23.9 Å². The van der Waals surface area contributed by atoms with Crippen LogP contribution in [0.4, 0.5) is 0 Å². The molecule has 2 amide bonds. The predicted octanol–water partition coefficient (Wildman–Crippen LogP) is 1.06. The fraction of sp³-hybridized carbons (Fsp3) is 0.423. The molecule has 4 atom stereocenters. The van der Waals surface area contributed by atoms with E-state index in [9.17, 15) is 19.5 Å². The Balaban J connectivity index is 1.48. The molecule has 0 radical (unpaired) electrons. The molecule has 1 fully saturated rings. The summed E-state index contributed by atoms with van der Waals surface area (Å²) in [4.78, 5) is 41.5. The van der Waals surface area contributed by atoms with Crippen LogP contribution in [0.1, 0.15) is 29.8 Å². The van der Waals surface area contributed by atoms with Crippen LogP contribution in [0.25, 0.3) is 6.08 Å². The lowest BCUT2D eigenvalue weighted by atomic mass is 9.86. The van der Waals surface area contributed by atoms with Gasteiger partial charge in [0.25, 0.3) is 5.56 Å². The van der Waals surface area contributed by atoms with Crippen molar-refractivity contribution in [2.45, 2.75) is 32.1 Å². The van der Waals surface area contributed by atoms with Crippen LogP contribution in [0.2, 0.25) is 0 Å². The summed E-state index contributed by atoms with van der Waals surface area (Å²) in [5.74, 6) is -0.594. The Kier molecular flexibility index (Phi) is 6.55. The van der Waals surface area contributed by atoms with Crippen molar-refractivity contribution in [3.05, 3.63) is 63.6 Å². The number of carbonyl (C=O) groups is 2. The summed E-state index contributed by atoms with van der Waals surface area (Å²) in [6, 6.07) is 7.73. The van der Waals surface area contributed by atoms with Gasteiger partial charge in [-0.2, -0.15) is 0 Å². The molecule has 5 rings (SSSR count). The van der Waals surface area contributed by atoms with Gasteiger partial charge in [0.15, 0.2) is 11.5 Å². The molecule has 2 N–H and O–H groups in total. The minimum Gasteiger partial charge on any atom is -0.454 e. The van der Waals surface area contributed by atoms with E-state index in [-0.39, 0.29) is 50.5 Å². The highest BCUT2D eigenvalue weighted by molar-refractivity contribution is 5.85. The van der Waals surface area contributed by atoms with Crippen LogP contribution >= 0.6 is 0 Å². The van der Waals surface area contributed by atoms with Crippen LogP contribution < -0.4 is 20.3 Å². The molecule has 2 bridgehead atoms. The molecule has 0 aliphatic carbocycles. The average molecular weight is 496 g/mol. The first-order chi connectivity index (χ1) is 17.5. The number of allylic oxidation sites excluding steroid dienone is 1. The number of hydrogen-bond donors (Lipinski definition) is 2. The number of nitrogens with zero attached hydrogens (tertiary/aromatic N) is 2. The zero-order chi connectivity index (χ0) is 25.4. The van der Waals surface area contributed by atoms with Gasteiger partial charge < -0.3 is 34.1 Å². The van der Waals surface area contributed by atoms with Gasteiger partial charge in [-0.3, -0.25) is 14.4 Å². The average Bonchev–Trinajstić information content (AvgIpc) is 3.44. The minimum atomic E-state index is -0.740. The Hall–Kier alpha value is -3.63. The molecule has 0 saturated carbocycles. The number of ether oxygens (including phenoxy) is 3. The smallest absolute Gasteiger partial charge is 0.258 e. The summed E-state index contributed by atoms with van der Waals surface area (Å²) >= 11 is 0. The largest absolute Gasteiger partial charge is 0.454 e. The number of aliphatic hydroxyl groups is 1. The predicted molar refractivity (Wildman–Crippen MR) is 129 cm³/mol. The normalized spacial score (nSPS) is 23.7. The van der Waals surface area contributed by atoms with Crippen LogP contribution in [0.3, 0.4) is 0 Å². The number of pyridine rings is 1. The van der Waals surface area contributed by atoms with Crippen LogP contribution in [0, 0.1) is 11.8 Å². The van der Waals surface area contributed by atoms with Crippen molar-refractivity contribution >= 4 is 17.9 Å². The molecule has 1 aromatic carbocycles. The maximum Gasteiger partial charge on any atom is 0.258 e. The third-order valence-corrected chi connectivity index (χ3v) is 7.18. The molecule has 3 aliphatic heterocycles. The van der Waals surface area contributed by atoms with Crippen molar-refractivity contribution in [2.24, 2.45) is 11.8 Å². The summed E-state index contributed by atoms with van der Waals surface area (Å²) < 4.78 is 17.5. The van der Waals surface area contributed by atoms with E-state index in [2.05, 4.69) is 5.32 Å². The van der Waals surface area contributed by atoms with E-state index in [0.29, 0.717) is 22.8 Å². The summed E-state index contributed by atoms with van der Waals surface area (Å²) in [7, 11) is 1.44. The fourth-order valence-electron chi connectivity index (χ4n) is 5.63.